The molecule has 0 spiro atoms. The molecule has 0 aromatic rings. The molecule has 0 aliphatic carbocycles. The quantitative estimate of drug-likeness (QED) is 0.360. The summed E-state index contributed by atoms with van der Waals surface area (Å²) < 4.78 is 3.33. The minimum Gasteiger partial charge on any atom is -0.477 e. The Labute approximate surface area is 63.0 Å². The van der Waals surface area contributed by atoms with Crippen LogP contribution in [0.1, 0.15) is 6.92 Å². The number of carboxylic acid groups (broad SMARTS) is 1. The van der Waals surface area contributed by atoms with E-state index < -0.39 is 5.97 Å². The van der Waals surface area contributed by atoms with Gasteiger partial charge in [0, 0.05) is 17.6 Å². The van der Waals surface area contributed by atoms with E-state index in [0.29, 0.717) is 0 Å². The number of allylic oxidation sites excluding steroid dienone is 1. The Hall–Kier alpha value is -0.970. The number of aliphatic carboxylic acids is 1. The van der Waals surface area contributed by atoms with Gasteiger partial charge >= 0.3 is 5.97 Å². The zero-order valence-electron chi connectivity index (χ0n) is 5.50. The minimum absolute atomic E-state index is 0.0231. The molecule has 0 fully saturated rings. The zero-order valence-corrected chi connectivity index (χ0v) is 6.31. The second kappa shape index (κ2) is 3.94. The van der Waals surface area contributed by atoms with Gasteiger partial charge in [-0.1, -0.05) is 0 Å². The van der Waals surface area contributed by atoms with Crippen molar-refractivity contribution in [3.8, 4) is 0 Å². The molecule has 0 aliphatic heterocycles. The van der Waals surface area contributed by atoms with E-state index in [1.54, 1.807) is 0 Å². The number of rotatable bonds is 3. The normalized spacial score (nSPS) is 12.1. The molecular weight excluding hydrogens is 152 g/mol. The maximum absolute atomic E-state index is 10.3. The highest BCUT2D eigenvalue weighted by Crippen LogP contribution is 2.17. The fourth-order valence-corrected chi connectivity index (χ4v) is 0.695. The monoisotopic (exact) mass is 160 g/mol. The third kappa shape index (κ3) is 2.54. The first kappa shape index (κ1) is 9.03. The molecule has 0 aromatic heterocycles. The van der Waals surface area contributed by atoms with Crippen LogP contribution in [-0.4, -0.2) is 17.8 Å². The first-order valence-corrected chi connectivity index (χ1v) is 3.19. The first-order chi connectivity index (χ1) is 4.59. The minimum atomic E-state index is -1.07. The summed E-state index contributed by atoms with van der Waals surface area (Å²) in [4.78, 5) is 10.3. The van der Waals surface area contributed by atoms with Gasteiger partial charge in [-0.25, -0.2) is 9.19 Å². The molecule has 0 aromatic carbocycles. The van der Waals surface area contributed by atoms with Crippen molar-refractivity contribution in [2.24, 2.45) is 10.1 Å². The molecule has 0 bridgehead atoms. The number of hydrogen-bond acceptors (Lipinski definition) is 4. The topological polar surface area (TPSA) is 75.7 Å². The van der Waals surface area contributed by atoms with Crippen LogP contribution in [0.2, 0.25) is 0 Å². The standard InChI is InChI=1S/C5H8N2O2S/c1-3(6)4(5(8)9)10-7-2/h2,6H2,1H3,(H,8,9)/b4-3-. The van der Waals surface area contributed by atoms with Gasteiger partial charge in [0.05, 0.1) is 0 Å². The molecule has 0 amide bonds. The van der Waals surface area contributed by atoms with Crippen molar-refractivity contribution in [2.75, 3.05) is 0 Å². The second-order valence-corrected chi connectivity index (χ2v) is 2.39. The molecule has 0 saturated carbocycles. The summed E-state index contributed by atoms with van der Waals surface area (Å²) in [7, 11) is 0. The molecule has 0 aliphatic rings. The van der Waals surface area contributed by atoms with Gasteiger partial charge in [-0.15, -0.1) is 0 Å². The highest BCUT2D eigenvalue weighted by molar-refractivity contribution is 8.02. The van der Waals surface area contributed by atoms with Crippen LogP contribution in [0.3, 0.4) is 0 Å². The molecule has 56 valence electrons. The van der Waals surface area contributed by atoms with Crippen LogP contribution in [0.4, 0.5) is 0 Å². The average molecular weight is 160 g/mol. The van der Waals surface area contributed by atoms with Gasteiger partial charge in [-0.2, -0.15) is 0 Å². The summed E-state index contributed by atoms with van der Waals surface area (Å²) >= 11 is 0.762. The highest BCUT2D eigenvalue weighted by Gasteiger charge is 2.08. The van der Waals surface area contributed by atoms with E-state index in [2.05, 4.69) is 11.1 Å². The third-order valence-corrected chi connectivity index (χ3v) is 1.52. The number of nitrogens with two attached hydrogens (primary N) is 1. The van der Waals surface area contributed by atoms with E-state index in [4.69, 9.17) is 10.8 Å². The summed E-state index contributed by atoms with van der Waals surface area (Å²) in [6, 6.07) is 0. The molecule has 5 heteroatoms. The van der Waals surface area contributed by atoms with E-state index in [-0.39, 0.29) is 10.6 Å². The van der Waals surface area contributed by atoms with E-state index in [9.17, 15) is 4.79 Å². The van der Waals surface area contributed by atoms with Crippen molar-refractivity contribution < 1.29 is 9.90 Å². The lowest BCUT2D eigenvalue weighted by atomic mass is 10.4. The molecule has 3 N–H and O–H groups in total. The predicted octanol–water partition coefficient (Wildman–Crippen LogP) is 0.610. The van der Waals surface area contributed by atoms with E-state index >= 15 is 0 Å². The smallest absolute Gasteiger partial charge is 0.345 e. The fourth-order valence-electron chi connectivity index (χ4n) is 0.344. The van der Waals surface area contributed by atoms with Crippen LogP contribution in [0.15, 0.2) is 15.0 Å². The van der Waals surface area contributed by atoms with Gasteiger partial charge in [0.1, 0.15) is 4.91 Å². The summed E-state index contributed by atoms with van der Waals surface area (Å²) in [6.45, 7) is 4.63. The lowest BCUT2D eigenvalue weighted by molar-refractivity contribution is -0.131. The average Bonchev–Trinajstić information content (AvgIpc) is 1.81. The zero-order chi connectivity index (χ0) is 8.15. The van der Waals surface area contributed by atoms with Gasteiger partial charge in [0.2, 0.25) is 0 Å². The largest absolute Gasteiger partial charge is 0.477 e. The number of carbonyl (C=O) groups is 1. The van der Waals surface area contributed by atoms with Crippen molar-refractivity contribution in [1.82, 2.24) is 0 Å². The first-order valence-electron chi connectivity index (χ1n) is 2.42. The Balaban J connectivity index is 4.42. The molecule has 0 atom stereocenters. The van der Waals surface area contributed by atoms with Crippen molar-refractivity contribution in [1.29, 1.82) is 0 Å². The van der Waals surface area contributed by atoms with Crippen LogP contribution in [0.5, 0.6) is 0 Å². The van der Waals surface area contributed by atoms with Gasteiger partial charge in [0.15, 0.2) is 0 Å². The Kier molecular flexibility index (Phi) is 3.56. The molecule has 0 rings (SSSR count). The Morgan fingerprint density at radius 2 is 2.30 bits per heavy atom. The maximum atomic E-state index is 10.3. The van der Waals surface area contributed by atoms with Crippen molar-refractivity contribution in [3.63, 3.8) is 0 Å². The van der Waals surface area contributed by atoms with Crippen LogP contribution < -0.4 is 5.73 Å². The maximum Gasteiger partial charge on any atom is 0.345 e. The highest BCUT2D eigenvalue weighted by atomic mass is 32.2. The SMILES string of the molecule is C=NS/C(C(=O)O)=C(/C)N. The Morgan fingerprint density at radius 3 is 2.40 bits per heavy atom. The molecule has 0 radical (unpaired) electrons. The molecule has 0 unspecified atom stereocenters. The summed E-state index contributed by atoms with van der Waals surface area (Å²) in [5.74, 6) is -1.07. The fraction of sp³-hybridized carbons (Fsp3) is 0.200. The molecule has 0 saturated heterocycles. The van der Waals surface area contributed by atoms with E-state index in [1.165, 1.54) is 6.92 Å². The number of carboxylic acids is 1. The lowest BCUT2D eigenvalue weighted by Gasteiger charge is -1.96. The Bertz CT molecular complexity index is 184. The summed E-state index contributed by atoms with van der Waals surface area (Å²) in [6.07, 6.45) is 0. The predicted molar refractivity (Wildman–Crippen MR) is 41.7 cm³/mol. The van der Waals surface area contributed by atoms with Crippen molar-refractivity contribution in [3.05, 3.63) is 10.6 Å². The van der Waals surface area contributed by atoms with Gasteiger partial charge < -0.3 is 10.8 Å². The van der Waals surface area contributed by atoms with Gasteiger partial charge in [0.25, 0.3) is 0 Å². The molecule has 10 heavy (non-hydrogen) atoms. The molecule has 0 heterocycles. The summed E-state index contributed by atoms with van der Waals surface area (Å²) in [5.41, 5.74) is 5.45. The van der Waals surface area contributed by atoms with Gasteiger partial charge in [-0.05, 0) is 13.6 Å². The van der Waals surface area contributed by atoms with E-state index in [1.807, 2.05) is 0 Å². The number of nitrogens with zero attached hydrogens (tertiary/aromatic N) is 1. The number of hydrogen-bond donors (Lipinski definition) is 2. The molecular formula is C5H8N2O2S. The third-order valence-electron chi connectivity index (χ3n) is 0.708. The van der Waals surface area contributed by atoms with Crippen molar-refractivity contribution in [2.45, 2.75) is 6.92 Å². The van der Waals surface area contributed by atoms with Crippen LogP contribution in [-0.2, 0) is 4.79 Å². The van der Waals surface area contributed by atoms with Crippen molar-refractivity contribution >= 4 is 24.6 Å². The van der Waals surface area contributed by atoms with E-state index in [0.717, 1.165) is 11.9 Å². The lowest BCUT2D eigenvalue weighted by Crippen LogP contribution is -2.04. The van der Waals surface area contributed by atoms with Crippen LogP contribution >= 0.6 is 11.9 Å². The van der Waals surface area contributed by atoms with Gasteiger partial charge in [-0.3, -0.25) is 0 Å². The Morgan fingerprint density at radius 1 is 1.80 bits per heavy atom. The summed E-state index contributed by atoms with van der Waals surface area (Å²) in [5, 5.41) is 8.43. The van der Waals surface area contributed by atoms with Crippen LogP contribution in [0.25, 0.3) is 0 Å². The van der Waals surface area contributed by atoms with Crippen LogP contribution in [0, 0.1) is 0 Å². The molecule has 4 nitrogen and oxygen atoms in total. The second-order valence-electron chi connectivity index (χ2n) is 1.54.